The van der Waals surface area contributed by atoms with Gasteiger partial charge in [0.15, 0.2) is 5.69 Å². The Labute approximate surface area is 153 Å². The van der Waals surface area contributed by atoms with Crippen LogP contribution in [0.2, 0.25) is 5.02 Å². The van der Waals surface area contributed by atoms with Gasteiger partial charge in [-0.1, -0.05) is 11.6 Å². The van der Waals surface area contributed by atoms with E-state index < -0.39 is 17.2 Å². The quantitative estimate of drug-likeness (QED) is 0.757. The van der Waals surface area contributed by atoms with Crippen LogP contribution >= 0.6 is 11.6 Å². The molecule has 3 aromatic rings. The van der Waals surface area contributed by atoms with Crippen LogP contribution in [-0.4, -0.2) is 22.8 Å². The zero-order valence-electron chi connectivity index (χ0n) is 14.0. The van der Waals surface area contributed by atoms with Crippen molar-refractivity contribution in [3.05, 3.63) is 63.2 Å². The molecule has 0 unspecified atom stereocenters. The lowest BCUT2D eigenvalue weighted by molar-refractivity contribution is 0.101. The maximum atomic E-state index is 13.6. The fraction of sp³-hybridized carbons (Fsp3) is 0.167. The number of nitrogens with zero attached hydrogens (tertiary/aromatic N) is 2. The van der Waals surface area contributed by atoms with Crippen LogP contribution in [0, 0.1) is 5.82 Å². The Bertz CT molecular complexity index is 1070. The van der Waals surface area contributed by atoms with Gasteiger partial charge in [0.2, 0.25) is 5.43 Å². The Morgan fingerprint density at radius 3 is 2.73 bits per heavy atom. The summed E-state index contributed by atoms with van der Waals surface area (Å²) in [5, 5.41) is 7.09. The number of anilines is 1. The maximum absolute atomic E-state index is 13.6. The van der Waals surface area contributed by atoms with Gasteiger partial charge < -0.3 is 10.1 Å². The molecule has 1 heterocycles. The monoisotopic (exact) mass is 375 g/mol. The summed E-state index contributed by atoms with van der Waals surface area (Å²) in [5.41, 5.74) is -0.120. The van der Waals surface area contributed by atoms with Crippen molar-refractivity contribution in [2.75, 3.05) is 12.4 Å². The number of hydrogen-bond acceptors (Lipinski definition) is 4. The number of rotatable bonds is 4. The van der Waals surface area contributed by atoms with Crippen LogP contribution in [0.3, 0.4) is 0 Å². The molecule has 0 bridgehead atoms. The van der Waals surface area contributed by atoms with Crippen molar-refractivity contribution in [1.82, 2.24) is 9.78 Å². The van der Waals surface area contributed by atoms with Gasteiger partial charge in [0.1, 0.15) is 11.6 Å². The summed E-state index contributed by atoms with van der Waals surface area (Å²) in [6, 6.07) is 8.49. The molecular weight excluding hydrogens is 361 g/mol. The minimum Gasteiger partial charge on any atom is -0.495 e. The van der Waals surface area contributed by atoms with E-state index in [9.17, 15) is 14.0 Å². The van der Waals surface area contributed by atoms with Gasteiger partial charge in [-0.05, 0) is 43.3 Å². The second-order valence-corrected chi connectivity index (χ2v) is 5.87. The number of fused-ring (bicyclic) bond motifs is 1. The number of aromatic nitrogens is 2. The van der Waals surface area contributed by atoms with E-state index in [4.69, 9.17) is 16.3 Å². The van der Waals surface area contributed by atoms with Gasteiger partial charge in [-0.25, -0.2) is 4.39 Å². The fourth-order valence-corrected chi connectivity index (χ4v) is 2.84. The molecule has 134 valence electrons. The summed E-state index contributed by atoms with van der Waals surface area (Å²) in [4.78, 5) is 25.1. The van der Waals surface area contributed by atoms with E-state index in [2.05, 4.69) is 10.4 Å². The van der Waals surface area contributed by atoms with Crippen molar-refractivity contribution in [3.63, 3.8) is 0 Å². The number of hydrogen-bond donors (Lipinski definition) is 1. The van der Waals surface area contributed by atoms with Crippen LogP contribution in [0.5, 0.6) is 5.75 Å². The van der Waals surface area contributed by atoms with Gasteiger partial charge >= 0.3 is 0 Å². The minimum atomic E-state index is -0.704. The normalized spacial score (nSPS) is 10.8. The largest absolute Gasteiger partial charge is 0.495 e. The van der Waals surface area contributed by atoms with Crippen molar-refractivity contribution in [3.8, 4) is 5.75 Å². The predicted molar refractivity (Wildman–Crippen MR) is 97.6 cm³/mol. The zero-order chi connectivity index (χ0) is 18.8. The average molecular weight is 376 g/mol. The number of methoxy groups -OCH3 is 1. The highest BCUT2D eigenvalue weighted by molar-refractivity contribution is 6.32. The molecule has 0 atom stereocenters. The molecule has 26 heavy (non-hydrogen) atoms. The number of ether oxygens (including phenoxy) is 1. The molecule has 0 spiro atoms. The second kappa shape index (κ2) is 7.13. The first-order chi connectivity index (χ1) is 12.4. The third-order valence-electron chi connectivity index (χ3n) is 3.84. The van der Waals surface area contributed by atoms with Gasteiger partial charge in [-0.15, -0.1) is 0 Å². The molecule has 0 fully saturated rings. The molecule has 0 aliphatic heterocycles. The minimum absolute atomic E-state index is 0.0970. The van der Waals surface area contributed by atoms with E-state index in [1.807, 2.05) is 6.92 Å². The van der Waals surface area contributed by atoms with Gasteiger partial charge in [0.25, 0.3) is 5.91 Å². The molecular formula is C18H15ClFN3O3. The predicted octanol–water partition coefficient (Wildman–Crippen LogP) is 3.47. The Morgan fingerprint density at radius 2 is 2.08 bits per heavy atom. The molecule has 1 aromatic heterocycles. The van der Waals surface area contributed by atoms with Crippen LogP contribution < -0.4 is 15.5 Å². The van der Waals surface area contributed by atoms with Crippen molar-refractivity contribution in [2.24, 2.45) is 0 Å². The Morgan fingerprint density at radius 1 is 1.31 bits per heavy atom. The number of halogens is 2. The first kappa shape index (κ1) is 17.9. The van der Waals surface area contributed by atoms with E-state index in [0.29, 0.717) is 28.5 Å². The maximum Gasteiger partial charge on any atom is 0.280 e. The van der Waals surface area contributed by atoms with Gasteiger partial charge in [0.05, 0.1) is 23.0 Å². The van der Waals surface area contributed by atoms with Gasteiger partial charge in [-0.3, -0.25) is 14.3 Å². The van der Waals surface area contributed by atoms with E-state index >= 15 is 0 Å². The van der Waals surface area contributed by atoms with E-state index in [-0.39, 0.29) is 11.1 Å². The van der Waals surface area contributed by atoms with Crippen molar-refractivity contribution in [2.45, 2.75) is 13.5 Å². The molecule has 0 radical (unpaired) electrons. The highest BCUT2D eigenvalue weighted by Crippen LogP contribution is 2.27. The number of aryl methyl sites for hydroxylation is 1. The summed E-state index contributed by atoms with van der Waals surface area (Å²) in [6.07, 6.45) is 0. The van der Waals surface area contributed by atoms with Crippen molar-refractivity contribution >= 4 is 34.1 Å². The lowest BCUT2D eigenvalue weighted by Gasteiger charge is -2.11. The third-order valence-corrected chi connectivity index (χ3v) is 4.14. The van der Waals surface area contributed by atoms with Crippen molar-refractivity contribution in [1.29, 1.82) is 0 Å². The summed E-state index contributed by atoms with van der Waals surface area (Å²) < 4.78 is 20.1. The molecule has 3 rings (SSSR count). The first-order valence-electron chi connectivity index (χ1n) is 7.80. The van der Waals surface area contributed by atoms with Crippen LogP contribution in [0.15, 0.2) is 41.2 Å². The number of amides is 1. The van der Waals surface area contributed by atoms with E-state index in [0.717, 1.165) is 6.07 Å². The van der Waals surface area contributed by atoms with Crippen LogP contribution in [0.1, 0.15) is 17.4 Å². The van der Waals surface area contributed by atoms with Crippen LogP contribution in [0.4, 0.5) is 10.1 Å². The summed E-state index contributed by atoms with van der Waals surface area (Å²) in [6.45, 7) is 2.22. The lowest BCUT2D eigenvalue weighted by Crippen LogP contribution is -2.27. The number of carbonyl (C=O) groups excluding carboxylic acids is 1. The highest BCUT2D eigenvalue weighted by atomic mass is 35.5. The number of carbonyl (C=O) groups is 1. The number of nitrogens with one attached hydrogen (secondary N) is 1. The zero-order valence-corrected chi connectivity index (χ0v) is 14.8. The summed E-state index contributed by atoms with van der Waals surface area (Å²) >= 11 is 6.03. The van der Waals surface area contributed by atoms with Crippen molar-refractivity contribution < 1.29 is 13.9 Å². The Balaban J connectivity index is 2.04. The smallest absolute Gasteiger partial charge is 0.280 e. The molecule has 0 aliphatic carbocycles. The van der Waals surface area contributed by atoms with Crippen LogP contribution in [-0.2, 0) is 6.54 Å². The molecule has 0 aliphatic rings. The second-order valence-electron chi connectivity index (χ2n) is 5.46. The first-order valence-corrected chi connectivity index (χ1v) is 8.17. The Hall–Kier alpha value is -2.93. The summed E-state index contributed by atoms with van der Waals surface area (Å²) in [5.74, 6) is -0.807. The lowest BCUT2D eigenvalue weighted by atomic mass is 10.2. The van der Waals surface area contributed by atoms with E-state index in [1.165, 1.54) is 30.0 Å². The molecule has 0 saturated heterocycles. The standard InChI is InChI=1S/C18H15ClFN3O3/c1-3-23-14-6-4-10(20)8-12(14)17(24)16(22-23)18(25)21-11-5-7-15(26-2)13(19)9-11/h4-9H,3H2,1-2H3,(H,21,25). The van der Waals surface area contributed by atoms with Crippen LogP contribution in [0.25, 0.3) is 10.9 Å². The fourth-order valence-electron chi connectivity index (χ4n) is 2.59. The molecule has 0 saturated carbocycles. The van der Waals surface area contributed by atoms with Gasteiger partial charge in [-0.2, -0.15) is 5.10 Å². The molecule has 8 heteroatoms. The van der Waals surface area contributed by atoms with Gasteiger partial charge in [0, 0.05) is 12.2 Å². The molecule has 1 N–H and O–H groups in total. The molecule has 6 nitrogen and oxygen atoms in total. The van der Waals surface area contributed by atoms with E-state index in [1.54, 1.807) is 12.1 Å². The SMILES string of the molecule is CCn1nc(C(=O)Nc2ccc(OC)c(Cl)c2)c(=O)c2cc(F)ccc21. The Kier molecular flexibility index (Phi) is 4.90. The molecule has 2 aromatic carbocycles. The number of benzene rings is 2. The molecule has 1 amide bonds. The average Bonchev–Trinajstić information content (AvgIpc) is 2.62. The topological polar surface area (TPSA) is 73.2 Å². The highest BCUT2D eigenvalue weighted by Gasteiger charge is 2.18. The third kappa shape index (κ3) is 3.25. The summed E-state index contributed by atoms with van der Waals surface area (Å²) in [7, 11) is 1.48.